The van der Waals surface area contributed by atoms with Gasteiger partial charge in [0.15, 0.2) is 5.75 Å². The maximum Gasteiger partial charge on any atom is 0.154 e. The third-order valence-electron chi connectivity index (χ3n) is 2.34. The topological polar surface area (TPSA) is 73.2 Å². The fourth-order valence-corrected chi connectivity index (χ4v) is 1.62. The van der Waals surface area contributed by atoms with Crippen LogP contribution in [0.5, 0.6) is 11.5 Å². The highest BCUT2D eigenvalue weighted by Crippen LogP contribution is 2.40. The van der Waals surface area contributed by atoms with E-state index in [1.807, 2.05) is 0 Å². The summed E-state index contributed by atoms with van der Waals surface area (Å²) in [6, 6.07) is 3.55. The van der Waals surface area contributed by atoms with Gasteiger partial charge in [0, 0.05) is 0 Å². The molecule has 1 heterocycles. The van der Waals surface area contributed by atoms with Gasteiger partial charge >= 0.3 is 0 Å². The van der Waals surface area contributed by atoms with Crippen LogP contribution >= 0.6 is 0 Å². The Labute approximate surface area is 93.2 Å². The van der Waals surface area contributed by atoms with Crippen molar-refractivity contribution in [3.63, 3.8) is 0 Å². The van der Waals surface area contributed by atoms with Gasteiger partial charge in [0.1, 0.15) is 5.75 Å². The summed E-state index contributed by atoms with van der Waals surface area (Å²) in [7, 11) is 3.18. The predicted octanol–water partition coefficient (Wildman–Crippen LogP) is 1.68. The summed E-state index contributed by atoms with van der Waals surface area (Å²) in [6.07, 6.45) is 3.29. The summed E-state index contributed by atoms with van der Waals surface area (Å²) in [5.41, 5.74) is 8.00. The summed E-state index contributed by atoms with van der Waals surface area (Å²) in [6.45, 7) is 0. The Bertz CT molecular complexity index is 480. The summed E-state index contributed by atoms with van der Waals surface area (Å²) in [5, 5.41) is 0. The molecule has 84 valence electrons. The van der Waals surface area contributed by atoms with E-state index in [9.17, 15) is 0 Å². The number of hydrogen-bond acceptors (Lipinski definition) is 4. The Hall–Kier alpha value is -2.17. The van der Waals surface area contributed by atoms with Gasteiger partial charge in [-0.2, -0.15) is 0 Å². The second kappa shape index (κ2) is 4.14. The number of nitrogen functional groups attached to an aromatic ring is 1. The Balaban J connectivity index is 2.68. The zero-order chi connectivity index (χ0) is 11.5. The van der Waals surface area contributed by atoms with Gasteiger partial charge in [-0.15, -0.1) is 0 Å². The molecule has 5 nitrogen and oxygen atoms in total. The maximum atomic E-state index is 5.85. The molecule has 0 saturated carbocycles. The lowest BCUT2D eigenvalue weighted by Gasteiger charge is -2.13. The summed E-state index contributed by atoms with van der Waals surface area (Å²) >= 11 is 0. The average molecular weight is 219 g/mol. The number of rotatable bonds is 3. The third-order valence-corrected chi connectivity index (χ3v) is 2.34. The maximum absolute atomic E-state index is 5.85. The Kier molecular flexibility index (Phi) is 2.68. The zero-order valence-electron chi connectivity index (χ0n) is 9.15. The summed E-state index contributed by atoms with van der Waals surface area (Å²) < 4.78 is 10.6. The number of ether oxygens (including phenoxy) is 2. The standard InChI is InChI=1S/C11H13N3O2/c1-15-9-4-3-7(12)11(16-2)10(9)8-5-13-6-14-8/h3-6H,12H2,1-2H3,(H,13,14). The second-order valence-corrected chi connectivity index (χ2v) is 3.23. The normalized spacial score (nSPS) is 10.1. The largest absolute Gasteiger partial charge is 0.496 e. The van der Waals surface area contributed by atoms with Crippen LogP contribution in [-0.4, -0.2) is 24.2 Å². The highest BCUT2D eigenvalue weighted by atomic mass is 16.5. The van der Waals surface area contributed by atoms with Gasteiger partial charge in [-0.25, -0.2) is 4.98 Å². The average Bonchev–Trinajstić information content (AvgIpc) is 2.81. The van der Waals surface area contributed by atoms with Crippen LogP contribution in [0.4, 0.5) is 5.69 Å². The number of methoxy groups -OCH3 is 2. The minimum Gasteiger partial charge on any atom is -0.496 e. The number of aromatic amines is 1. The van der Waals surface area contributed by atoms with Gasteiger partial charge < -0.3 is 20.2 Å². The molecule has 3 N–H and O–H groups in total. The van der Waals surface area contributed by atoms with E-state index in [2.05, 4.69) is 9.97 Å². The smallest absolute Gasteiger partial charge is 0.154 e. The number of imidazole rings is 1. The van der Waals surface area contributed by atoms with Crippen LogP contribution in [0.15, 0.2) is 24.7 Å². The monoisotopic (exact) mass is 219 g/mol. The molecule has 0 spiro atoms. The Morgan fingerprint density at radius 2 is 2.06 bits per heavy atom. The highest BCUT2D eigenvalue weighted by molar-refractivity contribution is 5.80. The number of nitrogens with one attached hydrogen (secondary N) is 1. The van der Waals surface area contributed by atoms with Crippen molar-refractivity contribution >= 4 is 5.69 Å². The number of benzene rings is 1. The molecule has 5 heteroatoms. The first-order chi connectivity index (χ1) is 7.77. The Morgan fingerprint density at radius 3 is 2.62 bits per heavy atom. The molecule has 0 saturated heterocycles. The van der Waals surface area contributed by atoms with Crippen molar-refractivity contribution in [3.8, 4) is 22.8 Å². The van der Waals surface area contributed by atoms with Crippen LogP contribution in [0.1, 0.15) is 0 Å². The zero-order valence-corrected chi connectivity index (χ0v) is 9.15. The fraction of sp³-hybridized carbons (Fsp3) is 0.182. The van der Waals surface area contributed by atoms with Gasteiger partial charge in [-0.05, 0) is 12.1 Å². The number of aromatic nitrogens is 2. The van der Waals surface area contributed by atoms with Crippen LogP contribution in [0.3, 0.4) is 0 Å². The SMILES string of the molecule is COc1ccc(N)c(OC)c1-c1cnc[nH]1. The second-order valence-electron chi connectivity index (χ2n) is 3.23. The fourth-order valence-electron chi connectivity index (χ4n) is 1.62. The molecule has 0 fully saturated rings. The van der Waals surface area contributed by atoms with E-state index in [1.165, 1.54) is 0 Å². The number of anilines is 1. The molecule has 1 aromatic carbocycles. The van der Waals surface area contributed by atoms with E-state index in [-0.39, 0.29) is 0 Å². The predicted molar refractivity (Wildman–Crippen MR) is 61.5 cm³/mol. The molecule has 0 aliphatic heterocycles. The molecule has 1 aromatic heterocycles. The van der Waals surface area contributed by atoms with Crippen LogP contribution in [0, 0.1) is 0 Å². The minimum absolute atomic E-state index is 0.563. The lowest BCUT2D eigenvalue weighted by molar-refractivity contribution is 0.398. The van der Waals surface area contributed by atoms with Crippen molar-refractivity contribution in [2.24, 2.45) is 0 Å². The van der Waals surface area contributed by atoms with E-state index in [0.717, 1.165) is 11.3 Å². The van der Waals surface area contributed by atoms with E-state index in [1.54, 1.807) is 38.9 Å². The molecule has 0 aliphatic rings. The molecular formula is C11H13N3O2. The van der Waals surface area contributed by atoms with Gasteiger partial charge in [-0.1, -0.05) is 0 Å². The highest BCUT2D eigenvalue weighted by Gasteiger charge is 2.16. The van der Waals surface area contributed by atoms with Crippen LogP contribution in [0.2, 0.25) is 0 Å². The molecule has 0 bridgehead atoms. The molecule has 2 aromatic rings. The molecule has 2 rings (SSSR count). The first kappa shape index (κ1) is 10.4. The molecule has 0 radical (unpaired) electrons. The number of nitrogens with two attached hydrogens (primary N) is 1. The van der Waals surface area contributed by atoms with Crippen molar-refractivity contribution in [2.75, 3.05) is 20.0 Å². The van der Waals surface area contributed by atoms with E-state index >= 15 is 0 Å². The molecule has 0 atom stereocenters. The number of nitrogens with zero attached hydrogens (tertiary/aromatic N) is 1. The van der Waals surface area contributed by atoms with E-state index < -0.39 is 0 Å². The summed E-state index contributed by atoms with van der Waals surface area (Å²) in [4.78, 5) is 6.97. The van der Waals surface area contributed by atoms with Crippen LogP contribution in [-0.2, 0) is 0 Å². The lowest BCUT2D eigenvalue weighted by Crippen LogP contribution is -1.97. The van der Waals surface area contributed by atoms with Crippen molar-refractivity contribution in [1.82, 2.24) is 9.97 Å². The number of hydrogen-bond donors (Lipinski definition) is 2. The van der Waals surface area contributed by atoms with E-state index in [4.69, 9.17) is 15.2 Å². The molecule has 0 aliphatic carbocycles. The van der Waals surface area contributed by atoms with Crippen molar-refractivity contribution in [1.29, 1.82) is 0 Å². The molecular weight excluding hydrogens is 206 g/mol. The minimum atomic E-state index is 0.563. The van der Waals surface area contributed by atoms with Crippen molar-refractivity contribution in [3.05, 3.63) is 24.7 Å². The van der Waals surface area contributed by atoms with Crippen molar-refractivity contribution in [2.45, 2.75) is 0 Å². The molecule has 0 unspecified atom stereocenters. The van der Waals surface area contributed by atoms with Crippen LogP contribution < -0.4 is 15.2 Å². The first-order valence-corrected chi connectivity index (χ1v) is 4.77. The summed E-state index contributed by atoms with van der Waals surface area (Å²) in [5.74, 6) is 1.28. The van der Waals surface area contributed by atoms with Gasteiger partial charge in [0.2, 0.25) is 0 Å². The lowest BCUT2D eigenvalue weighted by atomic mass is 10.1. The first-order valence-electron chi connectivity index (χ1n) is 4.77. The third kappa shape index (κ3) is 1.56. The van der Waals surface area contributed by atoms with Gasteiger partial charge in [0.25, 0.3) is 0 Å². The van der Waals surface area contributed by atoms with Gasteiger partial charge in [-0.3, -0.25) is 0 Å². The van der Waals surface area contributed by atoms with Crippen LogP contribution in [0.25, 0.3) is 11.3 Å². The molecule has 16 heavy (non-hydrogen) atoms. The molecule has 0 amide bonds. The van der Waals surface area contributed by atoms with E-state index in [0.29, 0.717) is 17.2 Å². The quantitative estimate of drug-likeness (QED) is 0.770. The number of H-pyrrole nitrogens is 1. The van der Waals surface area contributed by atoms with Crippen molar-refractivity contribution < 1.29 is 9.47 Å². The van der Waals surface area contributed by atoms with Gasteiger partial charge in [0.05, 0.1) is 43.7 Å². The Morgan fingerprint density at radius 1 is 1.25 bits per heavy atom.